The number of carboxylic acid groups (broad SMARTS) is 1. The van der Waals surface area contributed by atoms with Crippen molar-refractivity contribution < 1.29 is 29.4 Å². The zero-order valence-electron chi connectivity index (χ0n) is 16.0. The molecule has 0 saturated carbocycles. The second-order valence-corrected chi connectivity index (χ2v) is 6.92. The van der Waals surface area contributed by atoms with Crippen LogP contribution in [-0.2, 0) is 19.2 Å². The van der Waals surface area contributed by atoms with E-state index in [1.165, 1.54) is 11.8 Å². The fourth-order valence-electron chi connectivity index (χ4n) is 2.88. The van der Waals surface area contributed by atoms with Gasteiger partial charge < -0.3 is 31.5 Å². The van der Waals surface area contributed by atoms with E-state index in [9.17, 15) is 19.2 Å². The van der Waals surface area contributed by atoms with Gasteiger partial charge in [-0.25, -0.2) is 0 Å². The first-order valence-electron chi connectivity index (χ1n) is 9.14. The Labute approximate surface area is 158 Å². The average molecular weight is 386 g/mol. The molecule has 0 bridgehead atoms. The van der Waals surface area contributed by atoms with Crippen molar-refractivity contribution in [2.24, 2.45) is 11.7 Å². The first kappa shape index (κ1) is 22.8. The minimum atomic E-state index is -1.16. The van der Waals surface area contributed by atoms with Gasteiger partial charge in [0.05, 0.1) is 6.61 Å². The molecule has 0 radical (unpaired) electrons. The Morgan fingerprint density at radius 1 is 1.22 bits per heavy atom. The minimum Gasteiger partial charge on any atom is -0.480 e. The van der Waals surface area contributed by atoms with Crippen molar-refractivity contribution in [3.05, 3.63) is 0 Å². The summed E-state index contributed by atoms with van der Waals surface area (Å²) in [5.41, 5.74) is 5.51. The largest absolute Gasteiger partial charge is 0.480 e. The molecule has 154 valence electrons. The number of hydrogen-bond acceptors (Lipinski definition) is 6. The Morgan fingerprint density at radius 3 is 2.37 bits per heavy atom. The second kappa shape index (κ2) is 10.2. The van der Waals surface area contributed by atoms with E-state index in [1.54, 1.807) is 6.92 Å². The fraction of sp³-hybridized carbons (Fsp3) is 0.765. The van der Waals surface area contributed by atoms with Gasteiger partial charge in [0.2, 0.25) is 17.7 Å². The molecule has 1 rings (SSSR count). The molecule has 6 N–H and O–H groups in total. The van der Waals surface area contributed by atoms with Crippen LogP contribution in [0.3, 0.4) is 0 Å². The SMILES string of the molecule is CCC(C)C(NC(=O)C(N)CO)C(=O)N1CCCC1C(=O)NC(C)C(=O)O. The molecule has 0 aromatic carbocycles. The summed E-state index contributed by atoms with van der Waals surface area (Å²) in [5, 5.41) is 22.9. The Kier molecular flexibility index (Phi) is 8.64. The quantitative estimate of drug-likeness (QED) is 0.319. The van der Waals surface area contributed by atoms with Crippen LogP contribution >= 0.6 is 0 Å². The molecule has 1 aliphatic heterocycles. The molecule has 1 fully saturated rings. The minimum absolute atomic E-state index is 0.213. The smallest absolute Gasteiger partial charge is 0.325 e. The maximum Gasteiger partial charge on any atom is 0.325 e. The van der Waals surface area contributed by atoms with E-state index in [-0.39, 0.29) is 5.92 Å². The summed E-state index contributed by atoms with van der Waals surface area (Å²) in [6.07, 6.45) is 1.62. The van der Waals surface area contributed by atoms with Crippen LogP contribution < -0.4 is 16.4 Å². The van der Waals surface area contributed by atoms with E-state index < -0.39 is 54.5 Å². The van der Waals surface area contributed by atoms with Gasteiger partial charge in [-0.3, -0.25) is 19.2 Å². The number of carbonyl (C=O) groups excluding carboxylic acids is 3. The van der Waals surface area contributed by atoms with Gasteiger partial charge in [-0.05, 0) is 25.7 Å². The number of hydrogen-bond donors (Lipinski definition) is 5. The number of nitrogens with two attached hydrogens (primary N) is 1. The molecule has 0 aromatic rings. The highest BCUT2D eigenvalue weighted by atomic mass is 16.4. The Bertz CT molecular complexity index is 570. The van der Waals surface area contributed by atoms with Crippen LogP contribution in [0.4, 0.5) is 0 Å². The molecule has 0 spiro atoms. The van der Waals surface area contributed by atoms with E-state index in [0.717, 1.165) is 0 Å². The maximum atomic E-state index is 13.0. The van der Waals surface area contributed by atoms with E-state index in [0.29, 0.717) is 25.8 Å². The summed E-state index contributed by atoms with van der Waals surface area (Å²) >= 11 is 0. The van der Waals surface area contributed by atoms with Gasteiger partial charge in [-0.1, -0.05) is 20.3 Å². The van der Waals surface area contributed by atoms with Crippen molar-refractivity contribution in [2.75, 3.05) is 13.2 Å². The highest BCUT2D eigenvalue weighted by Crippen LogP contribution is 2.21. The molecule has 1 saturated heterocycles. The molecule has 0 aromatic heterocycles. The van der Waals surface area contributed by atoms with Crippen LogP contribution in [0.1, 0.15) is 40.0 Å². The van der Waals surface area contributed by atoms with E-state index in [1.807, 2.05) is 6.92 Å². The highest BCUT2D eigenvalue weighted by Gasteiger charge is 2.40. The number of rotatable bonds is 9. The number of carbonyl (C=O) groups is 4. The van der Waals surface area contributed by atoms with Crippen LogP contribution in [0.5, 0.6) is 0 Å². The third kappa shape index (κ3) is 5.90. The number of aliphatic hydroxyl groups excluding tert-OH is 1. The average Bonchev–Trinajstić information content (AvgIpc) is 3.13. The molecule has 10 heteroatoms. The van der Waals surface area contributed by atoms with Gasteiger partial charge in [-0.15, -0.1) is 0 Å². The van der Waals surface area contributed by atoms with Crippen LogP contribution in [0, 0.1) is 5.92 Å². The summed E-state index contributed by atoms with van der Waals surface area (Å²) in [5.74, 6) is -2.96. The Hall–Kier alpha value is -2.20. The van der Waals surface area contributed by atoms with Crippen molar-refractivity contribution in [2.45, 2.75) is 64.2 Å². The molecular weight excluding hydrogens is 356 g/mol. The van der Waals surface area contributed by atoms with Crippen molar-refractivity contribution >= 4 is 23.7 Å². The number of nitrogens with one attached hydrogen (secondary N) is 2. The molecule has 5 atom stereocenters. The Balaban J connectivity index is 2.93. The van der Waals surface area contributed by atoms with Crippen molar-refractivity contribution in [1.29, 1.82) is 0 Å². The number of nitrogens with zero attached hydrogens (tertiary/aromatic N) is 1. The number of aliphatic carboxylic acids is 1. The fourth-order valence-corrected chi connectivity index (χ4v) is 2.88. The topological polar surface area (TPSA) is 162 Å². The highest BCUT2D eigenvalue weighted by molar-refractivity contribution is 5.94. The molecule has 27 heavy (non-hydrogen) atoms. The molecule has 0 aliphatic carbocycles. The third-order valence-corrected chi connectivity index (χ3v) is 4.88. The summed E-state index contributed by atoms with van der Waals surface area (Å²) in [6.45, 7) is 4.80. The third-order valence-electron chi connectivity index (χ3n) is 4.88. The number of likely N-dealkylation sites (tertiary alicyclic amines) is 1. The summed E-state index contributed by atoms with van der Waals surface area (Å²) in [6, 6.07) is -3.87. The first-order valence-corrected chi connectivity index (χ1v) is 9.14. The first-order chi connectivity index (χ1) is 12.6. The van der Waals surface area contributed by atoms with Gasteiger partial charge in [0.1, 0.15) is 24.2 Å². The summed E-state index contributed by atoms with van der Waals surface area (Å²) < 4.78 is 0. The molecule has 10 nitrogen and oxygen atoms in total. The van der Waals surface area contributed by atoms with Gasteiger partial charge >= 0.3 is 5.97 Å². The molecule has 3 amide bonds. The lowest BCUT2D eigenvalue weighted by molar-refractivity contribution is -0.145. The van der Waals surface area contributed by atoms with Crippen molar-refractivity contribution in [3.8, 4) is 0 Å². The lowest BCUT2D eigenvalue weighted by Gasteiger charge is -2.32. The van der Waals surface area contributed by atoms with Crippen molar-refractivity contribution in [1.82, 2.24) is 15.5 Å². The summed E-state index contributed by atoms with van der Waals surface area (Å²) in [4.78, 5) is 49.8. The molecular formula is C17H30N4O6. The van der Waals surface area contributed by atoms with Gasteiger partial charge in [0.25, 0.3) is 0 Å². The van der Waals surface area contributed by atoms with E-state index in [4.69, 9.17) is 15.9 Å². The second-order valence-electron chi connectivity index (χ2n) is 6.92. The lowest BCUT2D eigenvalue weighted by Crippen LogP contribution is -2.58. The van der Waals surface area contributed by atoms with Gasteiger partial charge in [0, 0.05) is 6.54 Å². The maximum absolute atomic E-state index is 13.0. The Morgan fingerprint density at radius 2 is 1.85 bits per heavy atom. The van der Waals surface area contributed by atoms with Crippen LogP contribution in [0.25, 0.3) is 0 Å². The lowest BCUT2D eigenvalue weighted by atomic mass is 9.97. The molecule has 1 aliphatic rings. The van der Waals surface area contributed by atoms with Gasteiger partial charge in [0.15, 0.2) is 0 Å². The van der Waals surface area contributed by atoms with Crippen LogP contribution in [0.2, 0.25) is 0 Å². The van der Waals surface area contributed by atoms with Crippen LogP contribution in [0.15, 0.2) is 0 Å². The number of aliphatic hydroxyl groups is 1. The van der Waals surface area contributed by atoms with E-state index >= 15 is 0 Å². The predicted molar refractivity (Wildman–Crippen MR) is 96.4 cm³/mol. The normalized spacial score (nSPS) is 21.1. The van der Waals surface area contributed by atoms with Crippen LogP contribution in [-0.4, -0.2) is 76.1 Å². The molecule has 1 heterocycles. The number of carboxylic acids is 1. The summed E-state index contributed by atoms with van der Waals surface area (Å²) in [7, 11) is 0. The standard InChI is InChI=1S/C17H30N4O6/c1-4-9(2)13(20-14(23)11(18)8-22)16(25)21-7-5-6-12(21)15(24)19-10(3)17(26)27/h9-13,22H,4-8,18H2,1-3H3,(H,19,24)(H,20,23)(H,26,27). The predicted octanol–water partition coefficient (Wildman–Crippen LogP) is -1.58. The zero-order valence-corrected chi connectivity index (χ0v) is 16.0. The monoisotopic (exact) mass is 386 g/mol. The van der Waals surface area contributed by atoms with E-state index in [2.05, 4.69) is 10.6 Å². The van der Waals surface area contributed by atoms with Crippen molar-refractivity contribution in [3.63, 3.8) is 0 Å². The van der Waals surface area contributed by atoms with Gasteiger partial charge in [-0.2, -0.15) is 0 Å². The number of amides is 3. The zero-order chi connectivity index (χ0) is 20.7. The molecule has 5 unspecified atom stereocenters.